The molecule has 0 aliphatic rings. The molecule has 0 spiro atoms. The maximum absolute atomic E-state index is 5.75. The second-order valence-electron chi connectivity index (χ2n) is 5.19. The van der Waals surface area contributed by atoms with Crippen molar-refractivity contribution in [3.05, 3.63) is 47.8 Å². The molecule has 114 valence electrons. The summed E-state index contributed by atoms with van der Waals surface area (Å²) in [5.41, 5.74) is 2.37. The molecule has 2 rings (SSSR count). The van der Waals surface area contributed by atoms with Crippen LogP contribution in [-0.2, 0) is 7.05 Å². The lowest BCUT2D eigenvalue weighted by atomic mass is 10.0. The third kappa shape index (κ3) is 4.08. The fraction of sp³-hybridized carbons (Fsp3) is 0.471. The van der Waals surface area contributed by atoms with Crippen LogP contribution in [0.5, 0.6) is 5.75 Å². The highest BCUT2D eigenvalue weighted by atomic mass is 16.5. The van der Waals surface area contributed by atoms with E-state index in [4.69, 9.17) is 4.74 Å². The van der Waals surface area contributed by atoms with Crippen LogP contribution in [0.1, 0.15) is 44.0 Å². The molecule has 1 N–H and O–H groups in total. The van der Waals surface area contributed by atoms with E-state index in [0.717, 1.165) is 37.4 Å². The van der Waals surface area contributed by atoms with E-state index in [0.29, 0.717) is 0 Å². The lowest BCUT2D eigenvalue weighted by Gasteiger charge is -2.20. The third-order valence-corrected chi connectivity index (χ3v) is 3.42. The number of aromatic nitrogens is 2. The minimum absolute atomic E-state index is 0.141. The Morgan fingerprint density at radius 1 is 1.24 bits per heavy atom. The summed E-state index contributed by atoms with van der Waals surface area (Å²) in [6.07, 6.45) is 3.96. The number of hydrogen-bond donors (Lipinski definition) is 1. The van der Waals surface area contributed by atoms with Crippen LogP contribution in [0.25, 0.3) is 0 Å². The maximum Gasteiger partial charge on any atom is 0.119 e. The molecule has 0 fully saturated rings. The zero-order valence-corrected chi connectivity index (χ0v) is 13.2. The van der Waals surface area contributed by atoms with Gasteiger partial charge in [0.25, 0.3) is 0 Å². The van der Waals surface area contributed by atoms with Crippen LogP contribution in [0.2, 0.25) is 0 Å². The predicted octanol–water partition coefficient (Wildman–Crippen LogP) is 3.30. The summed E-state index contributed by atoms with van der Waals surface area (Å²) in [4.78, 5) is 0. The quantitative estimate of drug-likeness (QED) is 0.809. The van der Waals surface area contributed by atoms with Crippen LogP contribution < -0.4 is 10.1 Å². The molecule has 0 bridgehead atoms. The first-order valence-electron chi connectivity index (χ1n) is 7.70. The minimum Gasteiger partial charge on any atom is -0.494 e. The van der Waals surface area contributed by atoms with Crippen molar-refractivity contribution >= 4 is 0 Å². The van der Waals surface area contributed by atoms with Crippen molar-refractivity contribution in [2.24, 2.45) is 7.05 Å². The predicted molar refractivity (Wildman–Crippen MR) is 85.6 cm³/mol. The Labute approximate surface area is 127 Å². The number of ether oxygens (including phenoxy) is 1. The van der Waals surface area contributed by atoms with Crippen molar-refractivity contribution in [1.82, 2.24) is 15.1 Å². The van der Waals surface area contributed by atoms with Gasteiger partial charge in [-0.15, -0.1) is 0 Å². The molecule has 0 amide bonds. The van der Waals surface area contributed by atoms with Crippen molar-refractivity contribution in [3.63, 3.8) is 0 Å². The van der Waals surface area contributed by atoms with Crippen molar-refractivity contribution in [1.29, 1.82) is 0 Å². The van der Waals surface area contributed by atoms with Gasteiger partial charge in [0.1, 0.15) is 5.75 Å². The summed E-state index contributed by atoms with van der Waals surface area (Å²) < 4.78 is 7.67. The van der Waals surface area contributed by atoms with Crippen molar-refractivity contribution in [2.75, 3.05) is 13.2 Å². The van der Waals surface area contributed by atoms with Crippen LogP contribution in [-0.4, -0.2) is 22.9 Å². The second-order valence-corrected chi connectivity index (χ2v) is 5.19. The van der Waals surface area contributed by atoms with Gasteiger partial charge in [-0.05, 0) is 43.1 Å². The van der Waals surface area contributed by atoms with Crippen LogP contribution >= 0.6 is 0 Å². The second kappa shape index (κ2) is 7.84. The molecule has 4 nitrogen and oxygen atoms in total. The monoisotopic (exact) mass is 287 g/mol. The number of nitrogens with zero attached hydrogens (tertiary/aromatic N) is 2. The van der Waals surface area contributed by atoms with Crippen molar-refractivity contribution in [3.8, 4) is 5.75 Å². The van der Waals surface area contributed by atoms with Gasteiger partial charge in [-0.3, -0.25) is 4.68 Å². The number of nitrogens with one attached hydrogen (secondary N) is 1. The van der Waals surface area contributed by atoms with Gasteiger partial charge in [0.15, 0.2) is 0 Å². The van der Waals surface area contributed by atoms with Crippen molar-refractivity contribution in [2.45, 2.75) is 32.7 Å². The Balaban J connectivity index is 2.26. The van der Waals surface area contributed by atoms with Crippen LogP contribution in [0, 0.1) is 0 Å². The molecular formula is C17H25N3O. The lowest BCUT2D eigenvalue weighted by Crippen LogP contribution is -2.25. The summed E-state index contributed by atoms with van der Waals surface area (Å²) in [6.45, 7) is 6.01. The average Bonchev–Trinajstić information content (AvgIpc) is 2.92. The molecule has 4 heteroatoms. The first-order chi connectivity index (χ1) is 10.3. The fourth-order valence-electron chi connectivity index (χ4n) is 2.35. The highest BCUT2D eigenvalue weighted by Crippen LogP contribution is 2.25. The van der Waals surface area contributed by atoms with E-state index >= 15 is 0 Å². The average molecular weight is 287 g/mol. The zero-order chi connectivity index (χ0) is 15.1. The molecule has 1 unspecified atom stereocenters. The van der Waals surface area contributed by atoms with E-state index in [1.165, 1.54) is 5.56 Å². The number of rotatable bonds is 8. The summed E-state index contributed by atoms with van der Waals surface area (Å²) in [6, 6.07) is 10.5. The summed E-state index contributed by atoms with van der Waals surface area (Å²) in [5.74, 6) is 0.930. The number of aryl methyl sites for hydroxylation is 1. The molecule has 1 heterocycles. The topological polar surface area (TPSA) is 39.1 Å². The van der Waals surface area contributed by atoms with Gasteiger partial charge in [-0.2, -0.15) is 5.10 Å². The van der Waals surface area contributed by atoms with E-state index < -0.39 is 0 Å². The Morgan fingerprint density at radius 3 is 2.76 bits per heavy atom. The van der Waals surface area contributed by atoms with Gasteiger partial charge in [0.05, 0.1) is 18.3 Å². The molecule has 0 radical (unpaired) electrons. The molecule has 2 aromatic rings. The molecule has 1 aromatic carbocycles. The Morgan fingerprint density at radius 2 is 2.10 bits per heavy atom. The minimum atomic E-state index is 0.141. The molecule has 0 aliphatic heterocycles. The van der Waals surface area contributed by atoms with E-state index in [2.05, 4.69) is 48.5 Å². The van der Waals surface area contributed by atoms with E-state index in [1.54, 1.807) is 0 Å². The SMILES string of the molecule is CCCNC(c1cccc(OCCC)c1)c1ccnn1C. The van der Waals surface area contributed by atoms with Crippen LogP contribution in [0.3, 0.4) is 0 Å². The van der Waals surface area contributed by atoms with Gasteiger partial charge in [0.2, 0.25) is 0 Å². The van der Waals surface area contributed by atoms with Gasteiger partial charge in [-0.25, -0.2) is 0 Å². The van der Waals surface area contributed by atoms with E-state index in [-0.39, 0.29) is 6.04 Å². The number of benzene rings is 1. The summed E-state index contributed by atoms with van der Waals surface area (Å²) >= 11 is 0. The van der Waals surface area contributed by atoms with Crippen molar-refractivity contribution < 1.29 is 4.74 Å². The summed E-state index contributed by atoms with van der Waals surface area (Å²) in [5, 5.41) is 7.88. The first-order valence-corrected chi connectivity index (χ1v) is 7.70. The Hall–Kier alpha value is -1.81. The van der Waals surface area contributed by atoms with E-state index in [1.807, 2.05) is 24.0 Å². The Bertz CT molecular complexity index is 550. The van der Waals surface area contributed by atoms with Gasteiger partial charge < -0.3 is 10.1 Å². The standard InChI is InChI=1S/C17H25N3O/c1-4-10-18-17(16-9-11-19-20(16)3)14-7-6-8-15(13-14)21-12-5-2/h6-9,11,13,17-18H,4-5,10,12H2,1-3H3. The van der Waals surface area contributed by atoms with E-state index in [9.17, 15) is 0 Å². The largest absolute Gasteiger partial charge is 0.494 e. The third-order valence-electron chi connectivity index (χ3n) is 3.42. The molecule has 0 aliphatic carbocycles. The smallest absolute Gasteiger partial charge is 0.119 e. The van der Waals surface area contributed by atoms with Gasteiger partial charge >= 0.3 is 0 Å². The first kappa shape index (κ1) is 15.6. The highest BCUT2D eigenvalue weighted by molar-refractivity contribution is 5.34. The van der Waals surface area contributed by atoms with Crippen LogP contribution in [0.4, 0.5) is 0 Å². The number of hydrogen-bond acceptors (Lipinski definition) is 3. The fourth-order valence-corrected chi connectivity index (χ4v) is 2.35. The summed E-state index contributed by atoms with van der Waals surface area (Å²) in [7, 11) is 1.98. The molecule has 1 atom stereocenters. The maximum atomic E-state index is 5.75. The Kier molecular flexibility index (Phi) is 5.81. The molecule has 1 aromatic heterocycles. The van der Waals surface area contributed by atoms with Gasteiger partial charge in [-0.1, -0.05) is 26.0 Å². The zero-order valence-electron chi connectivity index (χ0n) is 13.2. The molecule has 0 saturated carbocycles. The molecule has 21 heavy (non-hydrogen) atoms. The molecular weight excluding hydrogens is 262 g/mol. The van der Waals surface area contributed by atoms with Gasteiger partial charge in [0, 0.05) is 13.2 Å². The lowest BCUT2D eigenvalue weighted by molar-refractivity contribution is 0.317. The highest BCUT2D eigenvalue weighted by Gasteiger charge is 2.17. The molecule has 0 saturated heterocycles. The normalized spacial score (nSPS) is 12.3. The van der Waals surface area contributed by atoms with Crippen LogP contribution in [0.15, 0.2) is 36.5 Å².